The van der Waals surface area contributed by atoms with Gasteiger partial charge in [-0.05, 0) is 40.5 Å². The molecule has 0 bridgehead atoms. The summed E-state index contributed by atoms with van der Waals surface area (Å²) in [6.45, 7) is 0. The van der Waals surface area contributed by atoms with Gasteiger partial charge in [0.15, 0.2) is 17.5 Å². The first-order valence-electron chi connectivity index (χ1n) is 18.7. The predicted molar refractivity (Wildman–Crippen MR) is 233 cm³/mol. The molecule has 5 heteroatoms. The van der Waals surface area contributed by atoms with Crippen LogP contribution in [0.2, 0.25) is 0 Å². The second-order valence-corrected chi connectivity index (χ2v) is 15.0. The van der Waals surface area contributed by atoms with Crippen LogP contribution in [0.25, 0.3) is 110 Å². The Kier molecular flexibility index (Phi) is 7.64. The van der Waals surface area contributed by atoms with E-state index in [1.807, 2.05) is 59.9 Å². The molecule has 0 spiro atoms. The third kappa shape index (κ3) is 5.40. The van der Waals surface area contributed by atoms with Gasteiger partial charge in [0.25, 0.3) is 0 Å². The molecule has 0 atom stereocenters. The average Bonchev–Trinajstić information content (AvgIpc) is 3.86. The van der Waals surface area contributed by atoms with Crippen molar-refractivity contribution in [1.82, 2.24) is 15.0 Å². The van der Waals surface area contributed by atoms with Gasteiger partial charge in [-0.1, -0.05) is 170 Å². The number of benzene rings is 8. The Morgan fingerprint density at radius 2 is 0.893 bits per heavy atom. The lowest BCUT2D eigenvalue weighted by atomic mass is 9.89. The van der Waals surface area contributed by atoms with Gasteiger partial charge < -0.3 is 4.42 Å². The molecule has 0 aliphatic carbocycles. The van der Waals surface area contributed by atoms with Crippen LogP contribution < -0.4 is 0 Å². The van der Waals surface area contributed by atoms with Crippen LogP contribution in [0.5, 0.6) is 0 Å². The molecule has 3 aromatic heterocycles. The van der Waals surface area contributed by atoms with E-state index in [1.54, 1.807) is 0 Å². The summed E-state index contributed by atoms with van der Waals surface area (Å²) in [5.41, 5.74) is 11.2. The number of aromatic nitrogens is 3. The van der Waals surface area contributed by atoms with Gasteiger partial charge in [0.1, 0.15) is 11.2 Å². The van der Waals surface area contributed by atoms with E-state index in [0.717, 1.165) is 60.9 Å². The van der Waals surface area contributed by atoms with E-state index in [1.165, 1.54) is 31.3 Å². The van der Waals surface area contributed by atoms with Gasteiger partial charge in [-0.15, -0.1) is 11.3 Å². The quantitative estimate of drug-likeness (QED) is 0.171. The topological polar surface area (TPSA) is 51.8 Å². The van der Waals surface area contributed by atoms with Crippen molar-refractivity contribution in [3.8, 4) is 67.5 Å². The molecule has 0 saturated carbocycles. The van der Waals surface area contributed by atoms with E-state index >= 15 is 0 Å². The van der Waals surface area contributed by atoms with Crippen molar-refractivity contribution in [3.63, 3.8) is 0 Å². The van der Waals surface area contributed by atoms with Crippen molar-refractivity contribution in [2.45, 2.75) is 0 Å². The fourth-order valence-electron chi connectivity index (χ4n) is 7.97. The first kappa shape index (κ1) is 32.2. The highest BCUT2D eigenvalue weighted by atomic mass is 32.1. The lowest BCUT2D eigenvalue weighted by Crippen LogP contribution is -2.00. The maximum absolute atomic E-state index is 6.95. The number of thiophene rings is 1. The van der Waals surface area contributed by atoms with Crippen LogP contribution in [0.4, 0.5) is 0 Å². The largest absolute Gasteiger partial charge is 0.455 e. The third-order valence-corrected chi connectivity index (χ3v) is 11.7. The molecule has 0 N–H and O–H groups in total. The van der Waals surface area contributed by atoms with Crippen LogP contribution in [0, 0.1) is 0 Å². The maximum Gasteiger partial charge on any atom is 0.164 e. The molecular formula is C51H31N3OS. The Bertz CT molecular complexity index is 3230. The summed E-state index contributed by atoms with van der Waals surface area (Å²) in [5, 5.41) is 4.48. The van der Waals surface area contributed by atoms with E-state index in [4.69, 9.17) is 19.4 Å². The van der Waals surface area contributed by atoms with Crippen molar-refractivity contribution >= 4 is 53.4 Å². The number of hydrogen-bond donors (Lipinski definition) is 0. The predicted octanol–water partition coefficient (Wildman–Crippen LogP) is 14.1. The fraction of sp³-hybridized carbons (Fsp3) is 0. The van der Waals surface area contributed by atoms with E-state index in [0.29, 0.717) is 17.5 Å². The maximum atomic E-state index is 6.95. The zero-order chi connectivity index (χ0) is 37.0. The molecule has 11 aromatic rings. The van der Waals surface area contributed by atoms with Gasteiger partial charge in [-0.2, -0.15) is 0 Å². The molecule has 0 saturated heterocycles. The van der Waals surface area contributed by atoms with Crippen LogP contribution in [-0.4, -0.2) is 15.0 Å². The molecule has 0 amide bonds. The number of furan rings is 1. The molecule has 11 rings (SSSR count). The Hall–Kier alpha value is -7.21. The van der Waals surface area contributed by atoms with Crippen molar-refractivity contribution < 1.29 is 4.42 Å². The van der Waals surface area contributed by atoms with Crippen molar-refractivity contribution in [3.05, 3.63) is 188 Å². The molecule has 3 heterocycles. The van der Waals surface area contributed by atoms with Crippen molar-refractivity contribution in [1.29, 1.82) is 0 Å². The van der Waals surface area contributed by atoms with Crippen LogP contribution >= 0.6 is 11.3 Å². The summed E-state index contributed by atoms with van der Waals surface area (Å²) in [6, 6.07) is 65.5. The van der Waals surface area contributed by atoms with Gasteiger partial charge in [0.2, 0.25) is 0 Å². The molecule has 0 fully saturated rings. The average molecular weight is 734 g/mol. The van der Waals surface area contributed by atoms with Crippen molar-refractivity contribution in [2.24, 2.45) is 0 Å². The third-order valence-electron chi connectivity index (χ3n) is 10.6. The van der Waals surface area contributed by atoms with Crippen LogP contribution in [0.1, 0.15) is 0 Å². The van der Waals surface area contributed by atoms with E-state index in [9.17, 15) is 0 Å². The number of hydrogen-bond acceptors (Lipinski definition) is 5. The Morgan fingerprint density at radius 1 is 0.339 bits per heavy atom. The lowest BCUT2D eigenvalue weighted by molar-refractivity contribution is 0.670. The van der Waals surface area contributed by atoms with E-state index in [-0.39, 0.29) is 0 Å². The molecule has 0 aliphatic rings. The van der Waals surface area contributed by atoms with Gasteiger partial charge in [-0.3, -0.25) is 0 Å². The first-order valence-corrected chi connectivity index (χ1v) is 19.5. The zero-order valence-electron chi connectivity index (χ0n) is 30.1. The molecule has 4 nitrogen and oxygen atoms in total. The highest BCUT2D eigenvalue weighted by Gasteiger charge is 2.23. The monoisotopic (exact) mass is 733 g/mol. The second-order valence-electron chi connectivity index (χ2n) is 13.9. The molecule has 262 valence electrons. The molecule has 8 aromatic carbocycles. The van der Waals surface area contributed by atoms with Gasteiger partial charge >= 0.3 is 0 Å². The summed E-state index contributed by atoms with van der Waals surface area (Å²) in [4.78, 5) is 15.3. The summed E-state index contributed by atoms with van der Waals surface area (Å²) in [6.07, 6.45) is 0. The Morgan fingerprint density at radius 3 is 1.64 bits per heavy atom. The normalized spacial score (nSPS) is 11.6. The van der Waals surface area contributed by atoms with E-state index < -0.39 is 0 Å². The minimum atomic E-state index is 0.593. The highest BCUT2D eigenvalue weighted by Crippen LogP contribution is 2.48. The minimum absolute atomic E-state index is 0.593. The fourth-order valence-corrected chi connectivity index (χ4v) is 9.08. The van der Waals surface area contributed by atoms with Gasteiger partial charge in [0.05, 0.1) is 0 Å². The van der Waals surface area contributed by atoms with Crippen LogP contribution in [0.15, 0.2) is 192 Å². The summed E-state index contributed by atoms with van der Waals surface area (Å²) >= 11 is 1.83. The summed E-state index contributed by atoms with van der Waals surface area (Å²) in [5.74, 6) is 1.82. The first-order chi connectivity index (χ1) is 27.8. The number of nitrogens with zero attached hydrogens (tertiary/aromatic N) is 3. The Labute approximate surface area is 327 Å². The van der Waals surface area contributed by atoms with Crippen LogP contribution in [0.3, 0.4) is 0 Å². The van der Waals surface area contributed by atoms with Gasteiger partial charge in [0, 0.05) is 58.8 Å². The Balaban J connectivity index is 1.14. The number of rotatable bonds is 6. The van der Waals surface area contributed by atoms with Crippen LogP contribution in [-0.2, 0) is 0 Å². The lowest BCUT2D eigenvalue weighted by Gasteiger charge is -2.13. The van der Waals surface area contributed by atoms with Crippen molar-refractivity contribution in [2.75, 3.05) is 0 Å². The molecule has 0 unspecified atom stereocenters. The number of para-hydroxylation sites is 1. The zero-order valence-corrected chi connectivity index (χ0v) is 30.9. The second kappa shape index (κ2) is 13.3. The highest BCUT2D eigenvalue weighted by molar-refractivity contribution is 7.26. The smallest absolute Gasteiger partial charge is 0.164 e. The van der Waals surface area contributed by atoms with E-state index in [2.05, 4.69) is 140 Å². The standard InChI is InChI=1S/C51H31N3OS/c1-4-14-32(15-5-1)33-26-28-36(29-27-33)50-52-49(35-18-8-3-9-19-35)53-51(54-50)41-23-13-24-42-45(41)39-21-12-22-40(48(39)55-42)46-37(34-16-6-2-7-17-34)30-31-44-47(46)38-20-10-11-25-43(38)56-44/h1-31H. The molecule has 56 heavy (non-hydrogen) atoms. The minimum Gasteiger partial charge on any atom is -0.455 e. The molecule has 0 aliphatic heterocycles. The molecular weight excluding hydrogens is 703 g/mol. The summed E-state index contributed by atoms with van der Waals surface area (Å²) < 4.78 is 9.46. The van der Waals surface area contributed by atoms with Gasteiger partial charge in [-0.25, -0.2) is 15.0 Å². The SMILES string of the molecule is c1ccc(-c2ccc(-c3nc(-c4ccccc4)nc(-c4cccc5oc6c(-c7c(-c8ccccc8)ccc8sc9ccccc9c78)cccc6c45)n3)cc2)cc1. The number of fused-ring (bicyclic) bond motifs is 6. The summed E-state index contributed by atoms with van der Waals surface area (Å²) in [7, 11) is 0. The molecule has 0 radical (unpaired) electrons.